The second-order valence-electron chi connectivity index (χ2n) is 4.34. The number of carboxylic acids is 1. The molecule has 0 aliphatic heterocycles. The highest BCUT2D eigenvalue weighted by Crippen LogP contribution is 2.16. The van der Waals surface area contributed by atoms with Crippen molar-refractivity contribution in [3.8, 4) is 5.75 Å². The first kappa shape index (κ1) is 15.8. The number of nitrogens with one attached hydrogen (secondary N) is 2. The predicted octanol–water partition coefficient (Wildman–Crippen LogP) is 1.75. The zero-order valence-electron chi connectivity index (χ0n) is 11.7. The van der Waals surface area contributed by atoms with E-state index in [1.807, 2.05) is 31.2 Å². The fourth-order valence-corrected chi connectivity index (χ4v) is 1.77. The first-order chi connectivity index (χ1) is 9.56. The molecular weight excluding hydrogens is 260 g/mol. The molecule has 20 heavy (non-hydrogen) atoms. The van der Waals surface area contributed by atoms with E-state index in [0.29, 0.717) is 18.7 Å². The van der Waals surface area contributed by atoms with E-state index in [4.69, 9.17) is 9.84 Å². The van der Waals surface area contributed by atoms with Gasteiger partial charge in [-0.1, -0.05) is 25.1 Å². The van der Waals surface area contributed by atoms with Crippen molar-refractivity contribution in [3.63, 3.8) is 0 Å². The van der Waals surface area contributed by atoms with Gasteiger partial charge < -0.3 is 20.5 Å². The van der Waals surface area contributed by atoms with E-state index in [-0.39, 0.29) is 18.5 Å². The fourth-order valence-electron chi connectivity index (χ4n) is 1.77. The molecule has 0 aromatic heterocycles. The van der Waals surface area contributed by atoms with E-state index in [2.05, 4.69) is 10.6 Å². The molecule has 1 unspecified atom stereocenters. The Labute approximate surface area is 118 Å². The Hall–Kier alpha value is -2.24. The number of rotatable bonds is 7. The number of methoxy groups -OCH3 is 1. The highest BCUT2D eigenvalue weighted by atomic mass is 16.5. The van der Waals surface area contributed by atoms with Crippen molar-refractivity contribution in [1.82, 2.24) is 10.6 Å². The number of carboxylic acid groups (broad SMARTS) is 1. The first-order valence-electron chi connectivity index (χ1n) is 6.44. The zero-order valence-corrected chi connectivity index (χ0v) is 11.7. The van der Waals surface area contributed by atoms with Gasteiger partial charge in [-0.3, -0.25) is 4.79 Å². The first-order valence-corrected chi connectivity index (χ1v) is 6.44. The number of aliphatic carboxylic acids is 1. The van der Waals surface area contributed by atoms with Gasteiger partial charge in [0.1, 0.15) is 5.75 Å². The number of carbonyl (C=O) groups excluding carboxylic acids is 1. The van der Waals surface area contributed by atoms with Crippen LogP contribution in [0.15, 0.2) is 24.3 Å². The molecule has 6 heteroatoms. The number of benzene rings is 1. The maximum atomic E-state index is 11.7. The minimum absolute atomic E-state index is 0.0847. The van der Waals surface area contributed by atoms with Gasteiger partial charge in [-0.25, -0.2) is 4.79 Å². The molecule has 0 saturated carbocycles. The van der Waals surface area contributed by atoms with Gasteiger partial charge in [0, 0.05) is 18.2 Å². The Morgan fingerprint density at radius 1 is 1.35 bits per heavy atom. The average Bonchev–Trinajstić information content (AvgIpc) is 2.44. The summed E-state index contributed by atoms with van der Waals surface area (Å²) in [7, 11) is 1.57. The lowest BCUT2D eigenvalue weighted by atomic mass is 10.1. The lowest BCUT2D eigenvalue weighted by Crippen LogP contribution is -2.42. The third-order valence-corrected chi connectivity index (χ3v) is 2.88. The molecule has 0 aliphatic carbocycles. The van der Waals surface area contributed by atoms with Crippen LogP contribution in [0.2, 0.25) is 0 Å². The lowest BCUT2D eigenvalue weighted by molar-refractivity contribution is -0.137. The summed E-state index contributed by atoms with van der Waals surface area (Å²) in [6.07, 6.45) is 0.479. The number of para-hydroxylation sites is 1. The Kier molecular flexibility index (Phi) is 6.36. The summed E-state index contributed by atoms with van der Waals surface area (Å²) in [5.41, 5.74) is 0.858. The van der Waals surface area contributed by atoms with Crippen LogP contribution in [0.25, 0.3) is 0 Å². The van der Waals surface area contributed by atoms with Gasteiger partial charge in [-0.2, -0.15) is 0 Å². The molecule has 0 fully saturated rings. The zero-order chi connectivity index (χ0) is 15.0. The number of hydrogen-bond donors (Lipinski definition) is 3. The molecule has 110 valence electrons. The normalized spacial score (nSPS) is 11.5. The minimum atomic E-state index is -0.929. The van der Waals surface area contributed by atoms with Crippen molar-refractivity contribution in [2.45, 2.75) is 32.4 Å². The second-order valence-corrected chi connectivity index (χ2v) is 4.34. The summed E-state index contributed by atoms with van der Waals surface area (Å²) in [6.45, 7) is 2.15. The van der Waals surface area contributed by atoms with Crippen LogP contribution in [0.5, 0.6) is 5.75 Å². The topological polar surface area (TPSA) is 87.7 Å². The van der Waals surface area contributed by atoms with Gasteiger partial charge in [-0.05, 0) is 12.5 Å². The number of hydrogen-bond acceptors (Lipinski definition) is 3. The number of ether oxygens (including phenoxy) is 1. The van der Waals surface area contributed by atoms with Gasteiger partial charge in [-0.15, -0.1) is 0 Å². The van der Waals surface area contributed by atoms with Crippen molar-refractivity contribution in [2.75, 3.05) is 7.11 Å². The van der Waals surface area contributed by atoms with Crippen LogP contribution in [-0.2, 0) is 11.3 Å². The summed E-state index contributed by atoms with van der Waals surface area (Å²) in [5.74, 6) is -0.229. The average molecular weight is 280 g/mol. The SMILES string of the molecule is CCC(CC(=O)O)NC(=O)NCc1ccccc1OC. The molecule has 1 rings (SSSR count). The van der Waals surface area contributed by atoms with E-state index in [1.165, 1.54) is 0 Å². The molecule has 1 aromatic carbocycles. The van der Waals surface area contributed by atoms with Crippen LogP contribution < -0.4 is 15.4 Å². The van der Waals surface area contributed by atoms with Crippen LogP contribution in [0.3, 0.4) is 0 Å². The lowest BCUT2D eigenvalue weighted by Gasteiger charge is -2.16. The molecule has 0 spiro atoms. The molecular formula is C14H20N2O4. The third kappa shape index (κ3) is 5.17. The van der Waals surface area contributed by atoms with E-state index >= 15 is 0 Å². The largest absolute Gasteiger partial charge is 0.496 e. The molecule has 0 aliphatic rings. The van der Waals surface area contributed by atoms with Gasteiger partial charge in [0.15, 0.2) is 0 Å². The molecule has 2 amide bonds. The van der Waals surface area contributed by atoms with E-state index in [0.717, 1.165) is 5.56 Å². The Morgan fingerprint density at radius 3 is 2.65 bits per heavy atom. The third-order valence-electron chi connectivity index (χ3n) is 2.88. The van der Waals surface area contributed by atoms with Crippen molar-refractivity contribution in [1.29, 1.82) is 0 Å². The Bertz CT molecular complexity index is 462. The minimum Gasteiger partial charge on any atom is -0.496 e. The number of carbonyl (C=O) groups is 2. The molecule has 1 atom stereocenters. The molecule has 6 nitrogen and oxygen atoms in total. The van der Waals surface area contributed by atoms with Crippen LogP contribution in [-0.4, -0.2) is 30.3 Å². The smallest absolute Gasteiger partial charge is 0.315 e. The second kappa shape index (κ2) is 8.04. The van der Waals surface area contributed by atoms with Gasteiger partial charge in [0.25, 0.3) is 0 Å². The molecule has 0 saturated heterocycles. The number of amides is 2. The van der Waals surface area contributed by atoms with Gasteiger partial charge in [0.05, 0.1) is 13.5 Å². The Balaban J connectivity index is 2.48. The van der Waals surface area contributed by atoms with Gasteiger partial charge in [0.2, 0.25) is 0 Å². The summed E-state index contributed by atoms with van der Waals surface area (Å²) < 4.78 is 5.18. The summed E-state index contributed by atoms with van der Waals surface area (Å²) in [4.78, 5) is 22.3. The highest BCUT2D eigenvalue weighted by Gasteiger charge is 2.14. The standard InChI is InChI=1S/C14H20N2O4/c1-3-11(8-13(17)18)16-14(19)15-9-10-6-4-5-7-12(10)20-2/h4-7,11H,3,8-9H2,1-2H3,(H,17,18)(H2,15,16,19). The highest BCUT2D eigenvalue weighted by molar-refractivity contribution is 5.75. The predicted molar refractivity (Wildman–Crippen MR) is 74.7 cm³/mol. The van der Waals surface area contributed by atoms with Crippen molar-refractivity contribution >= 4 is 12.0 Å². The van der Waals surface area contributed by atoms with E-state index in [1.54, 1.807) is 7.11 Å². The molecule has 0 heterocycles. The molecule has 1 aromatic rings. The van der Waals surface area contributed by atoms with Crippen molar-refractivity contribution < 1.29 is 19.4 Å². The maximum absolute atomic E-state index is 11.7. The monoisotopic (exact) mass is 280 g/mol. The van der Waals surface area contributed by atoms with Crippen LogP contribution in [0.1, 0.15) is 25.3 Å². The fraction of sp³-hybridized carbons (Fsp3) is 0.429. The Morgan fingerprint density at radius 2 is 2.05 bits per heavy atom. The molecule has 0 bridgehead atoms. The van der Waals surface area contributed by atoms with E-state index in [9.17, 15) is 9.59 Å². The van der Waals surface area contributed by atoms with Crippen molar-refractivity contribution in [2.24, 2.45) is 0 Å². The maximum Gasteiger partial charge on any atom is 0.315 e. The van der Waals surface area contributed by atoms with Crippen LogP contribution in [0, 0.1) is 0 Å². The molecule has 3 N–H and O–H groups in total. The quantitative estimate of drug-likeness (QED) is 0.710. The van der Waals surface area contributed by atoms with Crippen LogP contribution in [0.4, 0.5) is 4.79 Å². The number of urea groups is 1. The molecule has 0 radical (unpaired) electrons. The van der Waals surface area contributed by atoms with E-state index < -0.39 is 5.97 Å². The van der Waals surface area contributed by atoms with Gasteiger partial charge >= 0.3 is 12.0 Å². The summed E-state index contributed by atoms with van der Waals surface area (Å²) in [6, 6.07) is 6.62. The van der Waals surface area contributed by atoms with Crippen LogP contribution >= 0.6 is 0 Å². The van der Waals surface area contributed by atoms with Crippen molar-refractivity contribution in [3.05, 3.63) is 29.8 Å². The summed E-state index contributed by atoms with van der Waals surface area (Å²) in [5, 5.41) is 14.0. The summed E-state index contributed by atoms with van der Waals surface area (Å²) >= 11 is 0.